The maximum atomic E-state index is 13.9. The zero-order chi connectivity index (χ0) is 20.3. The second-order valence-electron chi connectivity index (χ2n) is 6.93. The molecule has 3 rings (SSSR count). The third-order valence-corrected chi connectivity index (χ3v) is 4.61. The van der Waals surface area contributed by atoms with Crippen LogP contribution in [-0.4, -0.2) is 28.0 Å². The average molecular weight is 382 g/mol. The van der Waals surface area contributed by atoms with Crippen LogP contribution in [0.4, 0.5) is 4.39 Å². The van der Waals surface area contributed by atoms with Crippen LogP contribution in [-0.2, 0) is 11.3 Å². The number of ether oxygens (including phenoxy) is 1. The van der Waals surface area contributed by atoms with Crippen LogP contribution in [0.25, 0.3) is 0 Å². The van der Waals surface area contributed by atoms with Crippen LogP contribution in [0, 0.1) is 5.82 Å². The lowest BCUT2D eigenvalue weighted by molar-refractivity contribution is -0.118. The number of methoxy groups -OCH3 is 1. The first-order valence-electron chi connectivity index (χ1n) is 9.00. The van der Waals surface area contributed by atoms with E-state index in [9.17, 15) is 9.18 Å². The van der Waals surface area contributed by atoms with Gasteiger partial charge in [0.05, 0.1) is 25.5 Å². The number of halogens is 1. The van der Waals surface area contributed by atoms with Crippen molar-refractivity contribution in [2.45, 2.75) is 32.2 Å². The van der Waals surface area contributed by atoms with Crippen molar-refractivity contribution in [2.75, 3.05) is 7.11 Å². The number of amides is 1. The van der Waals surface area contributed by atoms with Crippen LogP contribution < -0.4 is 10.5 Å². The highest BCUT2D eigenvalue weighted by molar-refractivity contribution is 5.85. The zero-order valence-electron chi connectivity index (χ0n) is 16.1. The van der Waals surface area contributed by atoms with E-state index in [-0.39, 0.29) is 12.3 Å². The van der Waals surface area contributed by atoms with Crippen molar-refractivity contribution >= 4 is 5.91 Å². The molecule has 1 aromatic heterocycles. The van der Waals surface area contributed by atoms with E-state index >= 15 is 0 Å². The molecule has 1 atom stereocenters. The van der Waals surface area contributed by atoms with E-state index < -0.39 is 17.6 Å². The van der Waals surface area contributed by atoms with Crippen molar-refractivity contribution in [3.63, 3.8) is 0 Å². The number of benzene rings is 2. The molecule has 0 spiro atoms. The van der Waals surface area contributed by atoms with Crippen molar-refractivity contribution < 1.29 is 13.9 Å². The highest BCUT2D eigenvalue weighted by atomic mass is 19.1. The van der Waals surface area contributed by atoms with Gasteiger partial charge in [-0.3, -0.25) is 4.79 Å². The minimum absolute atomic E-state index is 0.177. The molecule has 0 aliphatic heterocycles. The standard InChI is InChI=1S/C21H23FN4O2/c1-13(2)15-5-7-16(8-6-15)20(21(23)27)18-11-24-26(25-18)12-14-4-9-19(28-3)17(22)10-14/h4-11,13,20H,12H2,1-3H3,(H2,23,27). The number of rotatable bonds is 7. The van der Waals surface area contributed by atoms with Crippen LogP contribution in [0.5, 0.6) is 5.75 Å². The van der Waals surface area contributed by atoms with Gasteiger partial charge in [0, 0.05) is 0 Å². The third-order valence-electron chi connectivity index (χ3n) is 4.61. The summed E-state index contributed by atoms with van der Waals surface area (Å²) in [4.78, 5) is 13.5. The fourth-order valence-electron chi connectivity index (χ4n) is 3.04. The van der Waals surface area contributed by atoms with E-state index in [0.717, 1.165) is 5.56 Å². The average Bonchev–Trinajstić information content (AvgIpc) is 3.10. The summed E-state index contributed by atoms with van der Waals surface area (Å²) >= 11 is 0. The van der Waals surface area contributed by atoms with Crippen molar-refractivity contribution in [3.8, 4) is 5.75 Å². The Hall–Kier alpha value is -3.22. The summed E-state index contributed by atoms with van der Waals surface area (Å²) in [6.45, 7) is 4.47. The maximum absolute atomic E-state index is 13.9. The summed E-state index contributed by atoms with van der Waals surface area (Å²) in [5.41, 5.74) is 8.71. The van der Waals surface area contributed by atoms with Crippen molar-refractivity contribution in [1.82, 2.24) is 15.0 Å². The fraction of sp³-hybridized carbons (Fsp3) is 0.286. The Labute approximate surface area is 163 Å². The van der Waals surface area contributed by atoms with Crippen LogP contribution >= 0.6 is 0 Å². The largest absolute Gasteiger partial charge is 0.494 e. The van der Waals surface area contributed by atoms with Gasteiger partial charge >= 0.3 is 0 Å². The molecule has 0 saturated carbocycles. The molecule has 146 valence electrons. The van der Waals surface area contributed by atoms with Crippen LogP contribution in [0.3, 0.4) is 0 Å². The Morgan fingerprint density at radius 2 is 1.86 bits per heavy atom. The number of hydrogen-bond acceptors (Lipinski definition) is 4. The molecule has 0 fully saturated rings. The number of nitrogens with two attached hydrogens (primary N) is 1. The molecule has 2 aromatic carbocycles. The first kappa shape index (κ1) is 19.5. The van der Waals surface area contributed by atoms with Gasteiger partial charge in [0.15, 0.2) is 11.6 Å². The van der Waals surface area contributed by atoms with Crippen LogP contribution in [0.2, 0.25) is 0 Å². The Morgan fingerprint density at radius 3 is 2.43 bits per heavy atom. The molecule has 1 heterocycles. The molecule has 2 N–H and O–H groups in total. The molecule has 3 aromatic rings. The molecule has 1 unspecified atom stereocenters. The summed E-state index contributed by atoms with van der Waals surface area (Å²) in [7, 11) is 1.41. The normalized spacial score (nSPS) is 12.2. The Balaban J connectivity index is 1.83. The van der Waals surface area contributed by atoms with Gasteiger partial charge in [-0.1, -0.05) is 44.2 Å². The lowest BCUT2D eigenvalue weighted by Gasteiger charge is -2.13. The van der Waals surface area contributed by atoms with E-state index in [1.807, 2.05) is 24.3 Å². The van der Waals surface area contributed by atoms with E-state index in [1.165, 1.54) is 29.7 Å². The van der Waals surface area contributed by atoms with Gasteiger partial charge in [0.2, 0.25) is 5.91 Å². The highest BCUT2D eigenvalue weighted by Gasteiger charge is 2.23. The molecule has 0 aliphatic rings. The predicted molar refractivity (Wildman–Crippen MR) is 104 cm³/mol. The first-order chi connectivity index (χ1) is 13.4. The maximum Gasteiger partial charge on any atom is 0.231 e. The van der Waals surface area contributed by atoms with Gasteiger partial charge in [-0.25, -0.2) is 4.39 Å². The molecule has 7 heteroatoms. The Kier molecular flexibility index (Phi) is 5.73. The van der Waals surface area contributed by atoms with Gasteiger partial charge in [-0.15, -0.1) is 0 Å². The van der Waals surface area contributed by atoms with E-state index in [0.29, 0.717) is 17.2 Å². The highest BCUT2D eigenvalue weighted by Crippen LogP contribution is 2.25. The van der Waals surface area contributed by atoms with Gasteiger partial charge in [0.1, 0.15) is 5.92 Å². The SMILES string of the molecule is COc1ccc(Cn2ncc(C(C(N)=O)c3ccc(C(C)C)cc3)n2)cc1F. The first-order valence-corrected chi connectivity index (χ1v) is 9.00. The summed E-state index contributed by atoms with van der Waals surface area (Å²) in [5.74, 6) is -1.07. The summed E-state index contributed by atoms with van der Waals surface area (Å²) in [6.07, 6.45) is 1.52. The van der Waals surface area contributed by atoms with Gasteiger partial charge in [-0.2, -0.15) is 15.0 Å². The summed E-state index contributed by atoms with van der Waals surface area (Å²) in [5, 5.41) is 8.59. The van der Waals surface area contributed by atoms with E-state index in [2.05, 4.69) is 24.0 Å². The van der Waals surface area contributed by atoms with Crippen molar-refractivity contribution in [1.29, 1.82) is 0 Å². The van der Waals surface area contributed by atoms with Crippen molar-refractivity contribution in [2.24, 2.45) is 5.73 Å². The summed E-state index contributed by atoms with van der Waals surface area (Å²) < 4.78 is 18.8. The van der Waals surface area contributed by atoms with Gasteiger partial charge < -0.3 is 10.5 Å². The number of primary amides is 1. The second kappa shape index (κ2) is 8.21. The molecule has 0 bridgehead atoms. The fourth-order valence-corrected chi connectivity index (χ4v) is 3.04. The van der Waals surface area contributed by atoms with Crippen molar-refractivity contribution in [3.05, 3.63) is 76.9 Å². The molecule has 0 aliphatic carbocycles. The number of nitrogens with zero attached hydrogens (tertiary/aromatic N) is 3. The topological polar surface area (TPSA) is 83.0 Å². The van der Waals surface area contributed by atoms with E-state index in [1.54, 1.807) is 12.1 Å². The lowest BCUT2D eigenvalue weighted by Crippen LogP contribution is -2.23. The number of hydrogen-bond donors (Lipinski definition) is 1. The van der Waals surface area contributed by atoms with Gasteiger partial charge in [-0.05, 0) is 34.7 Å². The minimum Gasteiger partial charge on any atom is -0.494 e. The smallest absolute Gasteiger partial charge is 0.231 e. The lowest BCUT2D eigenvalue weighted by atomic mass is 9.93. The number of carbonyl (C=O) groups excluding carboxylic acids is 1. The molecule has 1 amide bonds. The quantitative estimate of drug-likeness (QED) is 0.680. The Bertz CT molecular complexity index is 967. The summed E-state index contributed by atoms with van der Waals surface area (Å²) in [6, 6.07) is 12.4. The molecule has 0 saturated heterocycles. The van der Waals surface area contributed by atoms with E-state index in [4.69, 9.17) is 10.5 Å². The number of aromatic nitrogens is 3. The minimum atomic E-state index is -0.692. The van der Waals surface area contributed by atoms with Crippen LogP contribution in [0.1, 0.15) is 48.1 Å². The number of carbonyl (C=O) groups is 1. The molecular weight excluding hydrogens is 359 g/mol. The monoisotopic (exact) mass is 382 g/mol. The second-order valence-corrected chi connectivity index (χ2v) is 6.93. The zero-order valence-corrected chi connectivity index (χ0v) is 16.1. The molecule has 6 nitrogen and oxygen atoms in total. The third kappa shape index (κ3) is 4.19. The molecule has 0 radical (unpaired) electrons. The molecular formula is C21H23FN4O2. The molecule has 28 heavy (non-hydrogen) atoms. The Morgan fingerprint density at radius 1 is 1.18 bits per heavy atom. The van der Waals surface area contributed by atoms with Crippen LogP contribution in [0.15, 0.2) is 48.7 Å². The predicted octanol–water partition coefficient (Wildman–Crippen LogP) is 3.21. The van der Waals surface area contributed by atoms with Gasteiger partial charge in [0.25, 0.3) is 0 Å².